The Bertz CT molecular complexity index is 542. The van der Waals surface area contributed by atoms with E-state index in [0.717, 1.165) is 0 Å². The van der Waals surface area contributed by atoms with Crippen LogP contribution in [0, 0.1) is 0 Å². The fourth-order valence-corrected chi connectivity index (χ4v) is 0.587. The van der Waals surface area contributed by atoms with Gasteiger partial charge in [-0.2, -0.15) is 0 Å². The average molecular weight is 214 g/mol. The maximum Gasteiger partial charge on any atom is 0.0441 e. The van der Waals surface area contributed by atoms with Crippen LogP contribution in [0.15, 0.2) is 0 Å². The van der Waals surface area contributed by atoms with Crippen molar-refractivity contribution in [3.05, 3.63) is 0 Å². The van der Waals surface area contributed by atoms with Crippen LogP contribution in [-0.4, -0.2) is 17.3 Å². The highest BCUT2D eigenvalue weighted by Crippen LogP contribution is 2.15. The molecule has 0 unspecified atom stereocenters. The van der Waals surface area contributed by atoms with E-state index in [0.29, 0.717) is 0 Å². The van der Waals surface area contributed by atoms with Crippen LogP contribution in [0.25, 0.3) is 0 Å². The Kier molecular flexibility index (Phi) is 1.26. The first-order valence-corrected chi connectivity index (χ1v) is 3.88. The SMILES string of the molecule is [2H]C([2H])([2H])C([2H])([2H])C([2H])([2H])C([2H])([2H])N(SCl)C([2H])([2H])C([2H])([2H])C([2H])([2H])C([2H])([2H])[2H]. The van der Waals surface area contributed by atoms with Gasteiger partial charge in [0.05, 0.1) is 0 Å². The van der Waals surface area contributed by atoms with E-state index in [1.165, 1.54) is 0 Å². The lowest BCUT2D eigenvalue weighted by Crippen LogP contribution is -2.16. The molecule has 0 aromatic heterocycles. The van der Waals surface area contributed by atoms with Crippen LogP contribution >= 0.6 is 21.8 Å². The Labute approximate surface area is 104 Å². The standard InChI is InChI=1S/C8H18ClNS/c1-3-5-7-10(11-9)8-6-4-2/h3-8H2,1-2H3/i1D3,2D3,3D2,4D2,5D2,6D2,7D2,8D2. The molecule has 0 rings (SSSR count). The van der Waals surface area contributed by atoms with Gasteiger partial charge in [-0.1, -0.05) is 26.4 Å². The summed E-state index contributed by atoms with van der Waals surface area (Å²) in [6.45, 7) is -15.5. The van der Waals surface area contributed by atoms with Crippen LogP contribution < -0.4 is 0 Å². The summed E-state index contributed by atoms with van der Waals surface area (Å²) >= 11 is -0.534. The smallest absolute Gasteiger partial charge is 0.0441 e. The Morgan fingerprint density at radius 2 is 1.91 bits per heavy atom. The van der Waals surface area contributed by atoms with Gasteiger partial charge in [0.25, 0.3) is 0 Å². The van der Waals surface area contributed by atoms with Gasteiger partial charge >= 0.3 is 0 Å². The molecule has 3 heteroatoms. The Hall–Kier alpha value is 0.600. The van der Waals surface area contributed by atoms with Gasteiger partial charge in [0.2, 0.25) is 0 Å². The zero-order valence-corrected chi connectivity index (χ0v) is 6.81. The van der Waals surface area contributed by atoms with Gasteiger partial charge in [-0.25, -0.2) is 4.31 Å². The highest BCUT2D eigenvalue weighted by atomic mass is 35.7. The van der Waals surface area contributed by atoms with Crippen molar-refractivity contribution in [1.29, 1.82) is 0 Å². The highest BCUT2D eigenvalue weighted by molar-refractivity contribution is 8.19. The summed E-state index contributed by atoms with van der Waals surface area (Å²) in [6, 6.07) is 0. The molecule has 0 amide bonds. The summed E-state index contributed by atoms with van der Waals surface area (Å²) in [6.07, 6.45) is -16.0. The molecular formula is C8H18ClNS. The van der Waals surface area contributed by atoms with Gasteiger partial charge in [-0.15, -0.1) is 0 Å². The Balaban J connectivity index is 6.71. The first kappa shape index (κ1) is 1.59. The second kappa shape index (κ2) is 8.69. The lowest BCUT2D eigenvalue weighted by Gasteiger charge is -2.15. The number of halogens is 1. The molecule has 68 valence electrons. The molecule has 1 nitrogen and oxygen atoms in total. The van der Waals surface area contributed by atoms with E-state index in [1.807, 2.05) is 0 Å². The second-order valence-electron chi connectivity index (χ2n) is 1.09. The molecule has 0 aromatic carbocycles. The number of hydrogen-bond donors (Lipinski definition) is 0. The minimum absolute atomic E-state index is 0.534. The summed E-state index contributed by atoms with van der Waals surface area (Å²) in [5.74, 6) is 0. The fourth-order valence-electron chi connectivity index (χ4n) is 0.220. The molecule has 0 N–H and O–H groups in total. The number of hydrogen-bond acceptors (Lipinski definition) is 2. The van der Waals surface area contributed by atoms with Crippen molar-refractivity contribution in [2.45, 2.75) is 39.2 Å². The maximum atomic E-state index is 7.87. The minimum Gasteiger partial charge on any atom is -0.237 e. The Morgan fingerprint density at radius 1 is 1.36 bits per heavy atom. The molecule has 0 radical (unpaired) electrons. The highest BCUT2D eigenvalue weighted by Gasteiger charge is 2.01. The predicted octanol–water partition coefficient (Wildman–Crippen LogP) is 3.69. The maximum absolute atomic E-state index is 7.87. The Morgan fingerprint density at radius 3 is 2.27 bits per heavy atom. The number of nitrogens with zero attached hydrogens (tertiary/aromatic N) is 1. The summed E-state index contributed by atoms with van der Waals surface area (Å²) in [4.78, 5) is 0. The largest absolute Gasteiger partial charge is 0.237 e. The van der Waals surface area contributed by atoms with Crippen molar-refractivity contribution in [3.63, 3.8) is 0 Å². The van der Waals surface area contributed by atoms with Gasteiger partial charge in [0.1, 0.15) is 0 Å². The molecule has 0 saturated carbocycles. The summed E-state index contributed by atoms with van der Waals surface area (Å²) < 4.78 is 135. The van der Waals surface area contributed by atoms with Crippen LogP contribution in [0.4, 0.5) is 0 Å². The van der Waals surface area contributed by atoms with E-state index in [9.17, 15) is 0 Å². The molecule has 0 aliphatic heterocycles. The van der Waals surface area contributed by atoms with Crippen molar-refractivity contribution < 1.29 is 24.7 Å². The summed E-state index contributed by atoms with van der Waals surface area (Å²) in [5, 5.41) is 0. The molecular weight excluding hydrogens is 178 g/mol. The van der Waals surface area contributed by atoms with E-state index < -0.39 is 67.7 Å². The molecule has 0 aliphatic rings. The van der Waals surface area contributed by atoms with Crippen molar-refractivity contribution in [2.75, 3.05) is 13.0 Å². The molecule has 0 aliphatic carbocycles. The molecule has 11 heavy (non-hydrogen) atoms. The third-order valence-electron chi connectivity index (χ3n) is 0.509. The van der Waals surface area contributed by atoms with Gasteiger partial charge in [0.15, 0.2) is 0 Å². The molecule has 0 spiro atoms. The molecule has 0 fully saturated rings. The first-order valence-electron chi connectivity index (χ1n) is 11.3. The van der Waals surface area contributed by atoms with Gasteiger partial charge in [-0.05, 0) is 23.4 Å². The van der Waals surface area contributed by atoms with E-state index in [1.54, 1.807) is 0 Å². The topological polar surface area (TPSA) is 3.24 Å². The zero-order chi connectivity index (χ0) is 24.3. The van der Waals surface area contributed by atoms with Gasteiger partial charge in [-0.3, -0.25) is 0 Å². The van der Waals surface area contributed by atoms with Crippen molar-refractivity contribution in [3.8, 4) is 0 Å². The zero-order valence-electron chi connectivity index (χ0n) is 23.2. The summed E-state index contributed by atoms with van der Waals surface area (Å²) in [5.41, 5.74) is 0. The predicted molar refractivity (Wildman–Crippen MR) is 54.8 cm³/mol. The molecule has 0 aromatic rings. The van der Waals surface area contributed by atoms with E-state index >= 15 is 0 Å². The normalized spacial score (nSPS) is 45.3. The van der Waals surface area contributed by atoms with Crippen molar-refractivity contribution in [1.82, 2.24) is 4.31 Å². The lowest BCUT2D eigenvalue weighted by atomic mass is 10.3. The van der Waals surface area contributed by atoms with E-state index in [2.05, 4.69) is 0 Å². The van der Waals surface area contributed by atoms with Crippen LogP contribution in [0.2, 0.25) is 0 Å². The van der Waals surface area contributed by atoms with Gasteiger partial charge < -0.3 is 0 Å². The lowest BCUT2D eigenvalue weighted by molar-refractivity contribution is 0.448. The van der Waals surface area contributed by atoms with Gasteiger partial charge in [0, 0.05) is 48.8 Å². The molecule has 0 bridgehead atoms. The van der Waals surface area contributed by atoms with Crippen LogP contribution in [-0.2, 0) is 0 Å². The minimum atomic E-state index is -4.07. The third-order valence-corrected chi connectivity index (χ3v) is 1.24. The molecule has 0 atom stereocenters. The monoisotopic (exact) mass is 213 g/mol. The van der Waals surface area contributed by atoms with Crippen molar-refractivity contribution in [2.24, 2.45) is 0 Å². The third kappa shape index (κ3) is 6.98. The van der Waals surface area contributed by atoms with E-state index in [4.69, 9.17) is 35.4 Å². The van der Waals surface area contributed by atoms with Crippen LogP contribution in [0.1, 0.15) is 63.9 Å². The van der Waals surface area contributed by atoms with Crippen molar-refractivity contribution >= 4 is 21.8 Å². The second-order valence-corrected chi connectivity index (χ2v) is 2.00. The quantitative estimate of drug-likeness (QED) is 0.594. The van der Waals surface area contributed by atoms with E-state index in [-0.39, 0.29) is 0 Å². The molecule has 0 saturated heterocycles. The summed E-state index contributed by atoms with van der Waals surface area (Å²) in [7, 11) is 5.38. The van der Waals surface area contributed by atoms with Crippen LogP contribution in [0.5, 0.6) is 0 Å². The average Bonchev–Trinajstić information content (AvgIpc) is 2.43. The van der Waals surface area contributed by atoms with Crippen LogP contribution in [0.3, 0.4) is 0 Å². The number of rotatable bonds is 7. The molecule has 0 heterocycles. The fraction of sp³-hybridized carbons (Fsp3) is 1.00. The first-order chi connectivity index (χ1) is 12.2.